The van der Waals surface area contributed by atoms with Crippen molar-refractivity contribution in [3.8, 4) is 5.75 Å². The van der Waals surface area contributed by atoms with Crippen LogP contribution in [0.4, 0.5) is 0 Å². The van der Waals surface area contributed by atoms with Crippen molar-refractivity contribution in [1.82, 2.24) is 14.8 Å². The lowest BCUT2D eigenvalue weighted by Gasteiger charge is -2.51. The van der Waals surface area contributed by atoms with Gasteiger partial charge in [0.15, 0.2) is 0 Å². The van der Waals surface area contributed by atoms with Crippen molar-refractivity contribution >= 4 is 5.91 Å². The molecular formula is C20H29N3O4. The zero-order chi connectivity index (χ0) is 18.9. The van der Waals surface area contributed by atoms with Crippen molar-refractivity contribution in [1.29, 1.82) is 0 Å². The Kier molecular flexibility index (Phi) is 5.34. The molecule has 3 aliphatic rings. The molecule has 0 bridgehead atoms. The number of β-amino-alcohol motifs (C(OH)–C–C–N with tert-alkyl or cyclic N) is 1. The van der Waals surface area contributed by atoms with Crippen LogP contribution in [-0.4, -0.2) is 82.4 Å². The molecule has 0 aromatic carbocycles. The van der Waals surface area contributed by atoms with Crippen LogP contribution in [-0.2, 0) is 4.74 Å². The molecule has 0 aliphatic carbocycles. The zero-order valence-corrected chi connectivity index (χ0v) is 15.7. The van der Waals surface area contributed by atoms with Crippen molar-refractivity contribution < 1.29 is 19.7 Å². The van der Waals surface area contributed by atoms with E-state index in [1.807, 2.05) is 4.90 Å². The number of likely N-dealkylation sites (tertiary alicyclic amines) is 2. The molecule has 1 aromatic heterocycles. The number of ether oxygens (including phenoxy) is 1. The van der Waals surface area contributed by atoms with Crippen LogP contribution in [0.25, 0.3) is 0 Å². The van der Waals surface area contributed by atoms with Crippen molar-refractivity contribution in [2.24, 2.45) is 5.41 Å². The smallest absolute Gasteiger partial charge is 0.255 e. The van der Waals surface area contributed by atoms with Crippen LogP contribution in [0.2, 0.25) is 0 Å². The summed E-state index contributed by atoms with van der Waals surface area (Å²) in [7, 11) is 0. The number of aliphatic hydroxyl groups is 1. The number of hydrogen-bond donors (Lipinski definition) is 2. The Labute approximate surface area is 159 Å². The fourth-order valence-electron chi connectivity index (χ4n) is 5.00. The first-order valence-electron chi connectivity index (χ1n) is 9.98. The number of rotatable bonds is 2. The van der Waals surface area contributed by atoms with Gasteiger partial charge in [0.05, 0.1) is 17.9 Å². The second kappa shape index (κ2) is 7.73. The number of aromatic nitrogens is 1. The highest BCUT2D eigenvalue weighted by atomic mass is 16.5. The largest absolute Gasteiger partial charge is 0.506 e. The standard InChI is InChI=1S/C20H29N3O4/c24-17-9-15(11-21-12-17)19(26)22-5-3-20(4-6-22)10-18(25)13-23(14-20)16-1-7-27-8-2-16/h9,11-12,16,18,24-25H,1-8,10,13-14H2. The van der Waals surface area contributed by atoms with Crippen LogP contribution < -0.4 is 0 Å². The molecule has 3 aliphatic heterocycles. The Balaban J connectivity index is 1.40. The molecule has 3 saturated heterocycles. The Bertz CT molecular complexity index is 669. The average Bonchev–Trinajstić information content (AvgIpc) is 2.68. The maximum Gasteiger partial charge on any atom is 0.255 e. The number of piperidine rings is 2. The molecule has 1 amide bonds. The summed E-state index contributed by atoms with van der Waals surface area (Å²) in [5.74, 6) is -0.0669. The molecule has 3 fully saturated rings. The van der Waals surface area contributed by atoms with E-state index in [1.54, 1.807) is 0 Å². The van der Waals surface area contributed by atoms with Crippen LogP contribution in [0.15, 0.2) is 18.5 Å². The summed E-state index contributed by atoms with van der Waals surface area (Å²) in [5, 5.41) is 20.1. The Hall–Kier alpha value is -1.70. The van der Waals surface area contributed by atoms with E-state index in [2.05, 4.69) is 9.88 Å². The molecule has 1 spiro atoms. The van der Waals surface area contributed by atoms with E-state index in [4.69, 9.17) is 4.74 Å². The van der Waals surface area contributed by atoms with Gasteiger partial charge in [-0.25, -0.2) is 0 Å². The van der Waals surface area contributed by atoms with E-state index in [-0.39, 0.29) is 23.2 Å². The molecule has 1 aromatic rings. The molecule has 7 heteroatoms. The fourth-order valence-corrected chi connectivity index (χ4v) is 5.00. The zero-order valence-electron chi connectivity index (χ0n) is 15.7. The summed E-state index contributed by atoms with van der Waals surface area (Å²) in [6, 6.07) is 1.97. The fraction of sp³-hybridized carbons (Fsp3) is 0.700. The lowest BCUT2D eigenvalue weighted by molar-refractivity contribution is -0.0695. The summed E-state index contributed by atoms with van der Waals surface area (Å²) < 4.78 is 5.49. The highest BCUT2D eigenvalue weighted by Crippen LogP contribution is 2.41. The van der Waals surface area contributed by atoms with Crippen LogP contribution in [0.1, 0.15) is 42.5 Å². The predicted octanol–water partition coefficient (Wildman–Crippen LogP) is 1.26. The first kappa shape index (κ1) is 18.7. The van der Waals surface area contributed by atoms with Gasteiger partial charge in [-0.1, -0.05) is 0 Å². The normalized spacial score (nSPS) is 27.0. The second-order valence-electron chi connectivity index (χ2n) is 8.35. The summed E-state index contributed by atoms with van der Waals surface area (Å²) in [6.45, 7) is 4.75. The van der Waals surface area contributed by atoms with Crippen molar-refractivity contribution in [3.63, 3.8) is 0 Å². The topological polar surface area (TPSA) is 86.1 Å². The molecule has 1 atom stereocenters. The van der Waals surface area contributed by atoms with Crippen molar-refractivity contribution in [3.05, 3.63) is 24.0 Å². The van der Waals surface area contributed by atoms with E-state index >= 15 is 0 Å². The minimum Gasteiger partial charge on any atom is -0.506 e. The lowest BCUT2D eigenvalue weighted by atomic mass is 9.71. The molecule has 4 heterocycles. The van der Waals surface area contributed by atoms with Gasteiger partial charge in [-0.3, -0.25) is 14.7 Å². The van der Waals surface area contributed by atoms with Crippen LogP contribution >= 0.6 is 0 Å². The molecule has 148 valence electrons. The van der Waals surface area contributed by atoms with Gasteiger partial charge < -0.3 is 19.8 Å². The van der Waals surface area contributed by atoms with E-state index in [1.165, 1.54) is 18.5 Å². The highest BCUT2D eigenvalue weighted by Gasteiger charge is 2.43. The molecule has 1 unspecified atom stereocenters. The minimum absolute atomic E-state index is 0.0110. The number of amides is 1. The number of aromatic hydroxyl groups is 1. The highest BCUT2D eigenvalue weighted by molar-refractivity contribution is 5.94. The van der Waals surface area contributed by atoms with Crippen molar-refractivity contribution in [2.45, 2.75) is 44.2 Å². The van der Waals surface area contributed by atoms with Gasteiger partial charge in [0, 0.05) is 51.6 Å². The molecule has 27 heavy (non-hydrogen) atoms. The summed E-state index contributed by atoms with van der Waals surface area (Å²) >= 11 is 0. The first-order chi connectivity index (χ1) is 13.0. The number of carbonyl (C=O) groups is 1. The summed E-state index contributed by atoms with van der Waals surface area (Å²) in [4.78, 5) is 20.9. The third-order valence-corrected chi connectivity index (χ3v) is 6.44. The molecule has 0 radical (unpaired) electrons. The number of carbonyl (C=O) groups excluding carboxylic acids is 1. The van der Waals surface area contributed by atoms with Gasteiger partial charge in [0.1, 0.15) is 5.75 Å². The van der Waals surface area contributed by atoms with Gasteiger partial charge in [-0.05, 0) is 43.6 Å². The Morgan fingerprint density at radius 2 is 1.96 bits per heavy atom. The number of hydrogen-bond acceptors (Lipinski definition) is 6. The van der Waals surface area contributed by atoms with E-state index in [0.29, 0.717) is 24.7 Å². The molecule has 0 saturated carbocycles. The summed E-state index contributed by atoms with van der Waals surface area (Å²) in [5.41, 5.74) is 0.516. The first-order valence-corrected chi connectivity index (χ1v) is 9.98. The van der Waals surface area contributed by atoms with Crippen LogP contribution in [0.5, 0.6) is 5.75 Å². The predicted molar refractivity (Wildman–Crippen MR) is 99.5 cm³/mol. The van der Waals surface area contributed by atoms with Gasteiger partial charge in [0.25, 0.3) is 5.91 Å². The van der Waals surface area contributed by atoms with Gasteiger partial charge in [-0.2, -0.15) is 0 Å². The van der Waals surface area contributed by atoms with E-state index in [9.17, 15) is 15.0 Å². The van der Waals surface area contributed by atoms with Gasteiger partial charge in [0.2, 0.25) is 0 Å². The Morgan fingerprint density at radius 3 is 2.67 bits per heavy atom. The van der Waals surface area contributed by atoms with Gasteiger partial charge in [-0.15, -0.1) is 0 Å². The number of pyridine rings is 1. The number of aliphatic hydroxyl groups excluding tert-OH is 1. The molecule has 2 N–H and O–H groups in total. The average molecular weight is 375 g/mol. The SMILES string of the molecule is O=C(c1cncc(O)c1)N1CCC2(CC1)CC(O)CN(C1CCOCC1)C2. The van der Waals surface area contributed by atoms with E-state index in [0.717, 1.165) is 58.4 Å². The molecule has 7 nitrogen and oxygen atoms in total. The van der Waals surface area contributed by atoms with Crippen LogP contribution in [0.3, 0.4) is 0 Å². The van der Waals surface area contributed by atoms with Gasteiger partial charge >= 0.3 is 0 Å². The lowest BCUT2D eigenvalue weighted by Crippen LogP contribution is -2.57. The van der Waals surface area contributed by atoms with Crippen LogP contribution in [0, 0.1) is 5.41 Å². The second-order valence-corrected chi connectivity index (χ2v) is 8.35. The maximum absolute atomic E-state index is 12.7. The third-order valence-electron chi connectivity index (χ3n) is 6.44. The quantitative estimate of drug-likeness (QED) is 0.809. The molecule has 4 rings (SSSR count). The third kappa shape index (κ3) is 4.10. The Morgan fingerprint density at radius 1 is 1.22 bits per heavy atom. The van der Waals surface area contributed by atoms with E-state index < -0.39 is 0 Å². The summed E-state index contributed by atoms with van der Waals surface area (Å²) in [6.07, 6.45) is 7.25. The van der Waals surface area contributed by atoms with Crippen molar-refractivity contribution in [2.75, 3.05) is 39.4 Å². The number of nitrogens with zero attached hydrogens (tertiary/aromatic N) is 3. The monoisotopic (exact) mass is 375 g/mol. The molecular weight excluding hydrogens is 346 g/mol. The maximum atomic E-state index is 12.7. The minimum atomic E-state index is -0.292.